The van der Waals surface area contributed by atoms with Crippen molar-refractivity contribution >= 4 is 51.7 Å². The molecule has 10 nitrogen and oxygen atoms in total. The Hall–Kier alpha value is -3.56. The first-order valence-electron chi connectivity index (χ1n) is 13.8. The van der Waals surface area contributed by atoms with E-state index in [9.17, 15) is 19.5 Å². The number of nitrogens with zero attached hydrogens (tertiary/aromatic N) is 3. The van der Waals surface area contributed by atoms with Crippen LogP contribution in [0.15, 0.2) is 125 Å². The number of carboxylic acids is 1. The van der Waals surface area contributed by atoms with Crippen molar-refractivity contribution in [2.24, 2.45) is 5.16 Å². The summed E-state index contributed by atoms with van der Waals surface area (Å²) in [5.74, 6) is -2.53. The largest absolute Gasteiger partial charge is 1.00 e. The van der Waals surface area contributed by atoms with E-state index in [0.29, 0.717) is 5.57 Å². The maximum absolute atomic E-state index is 13.9. The van der Waals surface area contributed by atoms with E-state index in [1.165, 1.54) is 17.8 Å². The molecule has 4 aromatic rings. The minimum absolute atomic E-state index is 0. The van der Waals surface area contributed by atoms with Gasteiger partial charge in [0.1, 0.15) is 17.1 Å². The Labute approximate surface area is 315 Å². The summed E-state index contributed by atoms with van der Waals surface area (Å²) < 4.78 is 0. The number of carboxylic acid groups (broad SMARTS) is 1. The average Bonchev–Trinajstić information content (AvgIpc) is 3.51. The fourth-order valence-electron chi connectivity index (χ4n) is 5.39. The summed E-state index contributed by atoms with van der Waals surface area (Å²) in [4.78, 5) is 50.9. The number of benzene rings is 3. The Morgan fingerprint density at radius 2 is 1.57 bits per heavy atom. The molecule has 3 aromatic carbocycles. The van der Waals surface area contributed by atoms with E-state index >= 15 is 0 Å². The van der Waals surface area contributed by atoms with Crippen molar-refractivity contribution in [2.45, 2.75) is 17.0 Å². The van der Waals surface area contributed by atoms with Gasteiger partial charge >= 0.3 is 51.4 Å². The van der Waals surface area contributed by atoms with E-state index in [0.717, 1.165) is 32.9 Å². The fraction of sp³-hybridized carbons (Fsp3) is 0.121. The van der Waals surface area contributed by atoms with Crippen LogP contribution in [0, 0.1) is 0 Å². The molecule has 2 aliphatic rings. The van der Waals surface area contributed by atoms with Crippen molar-refractivity contribution in [3.63, 3.8) is 0 Å². The molecule has 1 saturated heterocycles. The molecule has 13 heteroatoms. The van der Waals surface area contributed by atoms with Crippen LogP contribution in [0.2, 0.25) is 0 Å². The summed E-state index contributed by atoms with van der Waals surface area (Å²) in [6, 6.07) is 27.5. The van der Waals surface area contributed by atoms with Crippen molar-refractivity contribution in [3.8, 4) is 0 Å². The van der Waals surface area contributed by atoms with Gasteiger partial charge in [-0.05, 0) is 5.57 Å². The Kier molecular flexibility index (Phi) is 10.6. The summed E-state index contributed by atoms with van der Waals surface area (Å²) in [7, 11) is 0. The molecule has 1 aromatic heterocycles. The van der Waals surface area contributed by atoms with E-state index in [-0.39, 0.29) is 79.4 Å². The first-order chi connectivity index (χ1) is 21.8. The minimum Gasteiger partial charge on any atom is -0.543 e. The van der Waals surface area contributed by atoms with Gasteiger partial charge < -0.3 is 25.8 Å². The third-order valence-electron chi connectivity index (χ3n) is 7.52. The van der Waals surface area contributed by atoms with Crippen LogP contribution in [0.5, 0.6) is 0 Å². The van der Waals surface area contributed by atoms with Crippen LogP contribution < -0.4 is 67.5 Å². The Morgan fingerprint density at radius 1 is 1.02 bits per heavy atom. The molecule has 3 heterocycles. The number of hydrogen-bond donors (Lipinski definition) is 2. The van der Waals surface area contributed by atoms with Crippen LogP contribution in [0.1, 0.15) is 22.4 Å². The SMILES string of the molecule is C=CC1=C(C(=O)[O-])N2C(=O)[C@@H](NC(=O)/C(=N\OC(c3ccccc3)(c3ccccc3)c3ccccc3)c3csc(N)n3)[C@H]2SC1.[K+]. The summed E-state index contributed by atoms with van der Waals surface area (Å²) in [6.45, 7) is 3.64. The standard InChI is InChI=1S/C33H27N5O5S2.K/c1-2-20-18-44-30-26(29(40)38(30)27(20)31(41)42)36-28(39)25(24-19-45-32(34)35-24)37-43-33(21-12-6-3-7-13-21,22-14-8-4-9-15-22)23-16-10-5-11-17-23;/h2-17,19,26,30H,1,18H2,(H2,34,35)(H,36,39)(H,41,42);/q;+1/p-1/b37-25-;/t26-,30-;/m1./s1. The molecule has 2 amide bonds. The molecular weight excluding hydrogens is 650 g/mol. The predicted octanol–water partition coefficient (Wildman–Crippen LogP) is 0.0320. The average molecular weight is 676 g/mol. The number of hydrogen-bond acceptors (Lipinski definition) is 10. The van der Waals surface area contributed by atoms with Crippen LogP contribution in [0.25, 0.3) is 0 Å². The molecule has 226 valence electrons. The van der Waals surface area contributed by atoms with E-state index in [1.807, 2.05) is 91.0 Å². The van der Waals surface area contributed by atoms with Crippen molar-refractivity contribution in [1.29, 1.82) is 0 Å². The molecule has 1 fully saturated rings. The summed E-state index contributed by atoms with van der Waals surface area (Å²) >= 11 is 2.43. The predicted molar refractivity (Wildman–Crippen MR) is 171 cm³/mol. The van der Waals surface area contributed by atoms with Crippen LogP contribution >= 0.6 is 23.1 Å². The molecule has 6 rings (SSSR count). The van der Waals surface area contributed by atoms with Crippen molar-refractivity contribution in [3.05, 3.63) is 143 Å². The van der Waals surface area contributed by atoms with Crippen LogP contribution in [-0.2, 0) is 24.8 Å². The van der Waals surface area contributed by atoms with Crippen LogP contribution in [-0.4, -0.2) is 50.5 Å². The maximum atomic E-state index is 13.9. The number of thiazole rings is 1. The van der Waals surface area contributed by atoms with Gasteiger partial charge in [-0.1, -0.05) is 109 Å². The number of nitrogens with two attached hydrogens (primary N) is 1. The molecule has 0 aliphatic carbocycles. The van der Waals surface area contributed by atoms with Gasteiger partial charge in [-0.3, -0.25) is 14.5 Å². The zero-order chi connectivity index (χ0) is 31.6. The second-order valence-electron chi connectivity index (χ2n) is 10.1. The summed E-state index contributed by atoms with van der Waals surface area (Å²) in [5.41, 5.74) is 7.00. The van der Waals surface area contributed by atoms with Gasteiger partial charge in [0, 0.05) is 27.8 Å². The molecule has 2 atom stereocenters. The number of fused-ring (bicyclic) bond motifs is 1. The second kappa shape index (κ2) is 14.5. The number of nitrogen functional groups attached to an aromatic ring is 1. The summed E-state index contributed by atoms with van der Waals surface area (Å²) in [6.07, 6.45) is 1.39. The molecule has 0 unspecified atom stereocenters. The molecule has 3 N–H and O–H groups in total. The van der Waals surface area contributed by atoms with Crippen molar-refractivity contribution in [2.75, 3.05) is 11.5 Å². The van der Waals surface area contributed by atoms with Gasteiger partial charge in [0.05, 0.1) is 11.7 Å². The monoisotopic (exact) mass is 675 g/mol. The smallest absolute Gasteiger partial charge is 0.543 e. The second-order valence-corrected chi connectivity index (χ2v) is 12.1. The van der Waals surface area contributed by atoms with E-state index in [4.69, 9.17) is 10.6 Å². The quantitative estimate of drug-likeness (QED) is 0.0787. The van der Waals surface area contributed by atoms with Gasteiger partial charge in [0.25, 0.3) is 11.8 Å². The Balaban J connectivity index is 0.00000417. The number of aliphatic carboxylic acids is 1. The van der Waals surface area contributed by atoms with Crippen molar-refractivity contribution in [1.82, 2.24) is 15.2 Å². The minimum atomic E-state index is -1.49. The van der Waals surface area contributed by atoms with Crippen molar-refractivity contribution < 1.29 is 75.7 Å². The third-order valence-corrected chi connectivity index (χ3v) is 9.49. The fourth-order valence-corrected chi connectivity index (χ4v) is 7.28. The number of aromatic nitrogens is 1. The molecule has 0 bridgehead atoms. The van der Waals surface area contributed by atoms with E-state index in [1.54, 1.807) is 5.38 Å². The van der Waals surface area contributed by atoms with Gasteiger partial charge in [-0.25, -0.2) is 4.98 Å². The summed E-state index contributed by atoms with van der Waals surface area (Å²) in [5, 5.41) is 20.2. The molecule has 0 radical (unpaired) electrons. The number of oxime groups is 1. The normalized spacial score (nSPS) is 17.7. The number of nitrogens with one attached hydrogen (secondary N) is 1. The molecular formula is C33H26KN5O5S2. The van der Waals surface area contributed by atoms with E-state index in [2.05, 4.69) is 22.0 Å². The van der Waals surface area contributed by atoms with Gasteiger partial charge in [-0.2, -0.15) is 0 Å². The molecule has 2 aliphatic heterocycles. The zero-order valence-corrected chi connectivity index (χ0v) is 29.4. The van der Waals surface area contributed by atoms with Crippen LogP contribution in [0.3, 0.4) is 0 Å². The number of carbonyl (C=O) groups excluding carboxylic acids is 3. The molecule has 0 saturated carbocycles. The molecule has 46 heavy (non-hydrogen) atoms. The maximum Gasteiger partial charge on any atom is 1.00 e. The zero-order valence-electron chi connectivity index (χ0n) is 24.7. The van der Waals surface area contributed by atoms with Gasteiger partial charge in [0.2, 0.25) is 5.60 Å². The van der Waals surface area contributed by atoms with E-state index < -0.39 is 34.8 Å². The number of carbonyl (C=O) groups is 3. The molecule has 0 spiro atoms. The van der Waals surface area contributed by atoms with Gasteiger partial charge in [-0.15, -0.1) is 23.1 Å². The third kappa shape index (κ3) is 6.23. The van der Waals surface area contributed by atoms with Crippen LogP contribution in [0.4, 0.5) is 5.13 Å². The topological polar surface area (TPSA) is 150 Å². The Morgan fingerprint density at radius 3 is 2.02 bits per heavy atom. The number of amides is 2. The number of allylic oxidation sites excluding steroid dienone is 1. The Bertz CT molecular complexity index is 1740. The first kappa shape index (κ1) is 33.8. The number of β-lactam (4-membered cyclic amide) rings is 1. The number of rotatable bonds is 10. The van der Waals surface area contributed by atoms with Gasteiger partial charge in [0.15, 0.2) is 10.8 Å². The number of thioether (sulfide) groups is 1. The first-order valence-corrected chi connectivity index (χ1v) is 15.7. The number of anilines is 1.